The molecule has 0 saturated carbocycles. The van der Waals surface area contributed by atoms with Crippen molar-refractivity contribution in [3.8, 4) is 0 Å². The van der Waals surface area contributed by atoms with Gasteiger partial charge >= 0.3 is 0 Å². The summed E-state index contributed by atoms with van der Waals surface area (Å²) in [5.41, 5.74) is 0.580. The summed E-state index contributed by atoms with van der Waals surface area (Å²) in [6, 6.07) is 4.26. The molecule has 18 heavy (non-hydrogen) atoms. The number of anilines is 1. The van der Waals surface area contributed by atoms with Gasteiger partial charge in [-0.3, -0.25) is 10.1 Å². The number of nitro benzene ring substituents is 1. The zero-order valence-corrected chi connectivity index (χ0v) is 11.2. The molecular weight excluding hydrogens is 297 g/mol. The number of aromatic nitrogens is 1. The van der Waals surface area contributed by atoms with Crippen LogP contribution in [0.25, 0.3) is 0 Å². The molecule has 1 N–H and O–H groups in total. The van der Waals surface area contributed by atoms with Gasteiger partial charge in [0.2, 0.25) is 0 Å². The number of rotatable bonds is 4. The maximum Gasteiger partial charge on any atom is 0.271 e. The molecule has 0 atom stereocenters. The van der Waals surface area contributed by atoms with Crippen molar-refractivity contribution in [2.24, 2.45) is 0 Å². The van der Waals surface area contributed by atoms with Crippen molar-refractivity contribution < 1.29 is 4.92 Å². The summed E-state index contributed by atoms with van der Waals surface area (Å²) in [4.78, 5) is 14.1. The summed E-state index contributed by atoms with van der Waals surface area (Å²) in [6.45, 7) is 0.467. The fraction of sp³-hybridized carbons (Fsp3) is 0.100. The van der Waals surface area contributed by atoms with Crippen molar-refractivity contribution >= 4 is 45.9 Å². The summed E-state index contributed by atoms with van der Waals surface area (Å²) in [5.74, 6) is 0. The second-order valence-electron chi connectivity index (χ2n) is 3.33. The van der Waals surface area contributed by atoms with E-state index in [2.05, 4.69) is 10.3 Å². The van der Waals surface area contributed by atoms with Crippen molar-refractivity contribution in [1.29, 1.82) is 0 Å². The number of nitrogens with one attached hydrogen (secondary N) is 1. The number of hydrogen-bond acceptors (Lipinski definition) is 5. The van der Waals surface area contributed by atoms with Gasteiger partial charge in [-0.1, -0.05) is 23.2 Å². The normalized spacial score (nSPS) is 10.3. The van der Waals surface area contributed by atoms with Crippen LogP contribution in [0.2, 0.25) is 9.36 Å². The molecule has 0 saturated heterocycles. The van der Waals surface area contributed by atoms with Gasteiger partial charge < -0.3 is 5.32 Å². The van der Waals surface area contributed by atoms with Gasteiger partial charge in [-0.2, -0.15) is 0 Å². The van der Waals surface area contributed by atoms with Gasteiger partial charge in [0.25, 0.3) is 5.69 Å². The minimum Gasteiger partial charge on any atom is -0.377 e. The maximum atomic E-state index is 10.6. The summed E-state index contributed by atoms with van der Waals surface area (Å²) in [6.07, 6.45) is 1.57. The zero-order chi connectivity index (χ0) is 13.1. The molecule has 0 bridgehead atoms. The van der Waals surface area contributed by atoms with Crippen LogP contribution >= 0.6 is 34.5 Å². The predicted octanol–water partition coefficient (Wildman–Crippen LogP) is 3.97. The van der Waals surface area contributed by atoms with Gasteiger partial charge in [0.15, 0.2) is 0 Å². The van der Waals surface area contributed by atoms with Crippen LogP contribution in [0.1, 0.15) is 5.01 Å². The molecule has 2 aromatic rings. The lowest BCUT2D eigenvalue weighted by molar-refractivity contribution is -0.384. The lowest BCUT2D eigenvalue weighted by Crippen LogP contribution is -1.99. The minimum atomic E-state index is -0.490. The van der Waals surface area contributed by atoms with E-state index < -0.39 is 4.92 Å². The third-order valence-corrected chi connectivity index (χ3v) is 3.55. The van der Waals surface area contributed by atoms with Crippen LogP contribution in [0.5, 0.6) is 0 Å². The second-order valence-corrected chi connectivity index (χ2v) is 5.49. The van der Waals surface area contributed by atoms with E-state index in [1.807, 2.05) is 0 Å². The van der Waals surface area contributed by atoms with Crippen molar-refractivity contribution in [2.45, 2.75) is 6.54 Å². The average Bonchev–Trinajstić information content (AvgIpc) is 2.73. The van der Waals surface area contributed by atoms with Crippen molar-refractivity contribution in [3.63, 3.8) is 0 Å². The van der Waals surface area contributed by atoms with Crippen molar-refractivity contribution in [2.75, 3.05) is 5.32 Å². The van der Waals surface area contributed by atoms with Crippen LogP contribution in [-0.2, 0) is 6.54 Å². The van der Waals surface area contributed by atoms with Crippen molar-refractivity contribution in [1.82, 2.24) is 4.98 Å². The van der Waals surface area contributed by atoms with Gasteiger partial charge in [0, 0.05) is 12.1 Å². The number of nitro groups is 1. The number of benzene rings is 1. The third kappa shape index (κ3) is 3.10. The van der Waals surface area contributed by atoms with Gasteiger partial charge in [0.1, 0.15) is 9.34 Å². The van der Waals surface area contributed by atoms with Crippen molar-refractivity contribution in [3.05, 3.63) is 48.9 Å². The van der Waals surface area contributed by atoms with Crippen LogP contribution in [0.4, 0.5) is 11.4 Å². The Balaban J connectivity index is 2.08. The quantitative estimate of drug-likeness (QED) is 0.685. The number of thiazole rings is 1. The van der Waals surface area contributed by atoms with Crippen LogP contribution in [-0.4, -0.2) is 9.91 Å². The molecule has 0 spiro atoms. The smallest absolute Gasteiger partial charge is 0.271 e. The molecule has 1 aromatic heterocycles. The number of halogens is 2. The predicted molar refractivity (Wildman–Crippen MR) is 72.6 cm³/mol. The Bertz CT molecular complexity index is 588. The second kappa shape index (κ2) is 5.51. The highest BCUT2D eigenvalue weighted by atomic mass is 35.5. The fourth-order valence-corrected chi connectivity index (χ4v) is 2.44. The molecular formula is C10H7Cl2N3O2S. The molecule has 0 aliphatic rings. The first kappa shape index (κ1) is 13.1. The summed E-state index contributed by atoms with van der Waals surface area (Å²) >= 11 is 13.1. The molecule has 1 heterocycles. The average molecular weight is 304 g/mol. The monoisotopic (exact) mass is 303 g/mol. The highest BCUT2D eigenvalue weighted by Gasteiger charge is 2.09. The molecule has 0 aliphatic carbocycles. The molecule has 0 unspecified atom stereocenters. The Morgan fingerprint density at radius 3 is 2.78 bits per heavy atom. The number of nitrogens with zero attached hydrogens (tertiary/aromatic N) is 2. The Morgan fingerprint density at radius 2 is 2.22 bits per heavy atom. The Morgan fingerprint density at radius 1 is 1.44 bits per heavy atom. The van der Waals surface area contributed by atoms with Gasteiger partial charge in [-0.25, -0.2) is 4.98 Å². The molecule has 94 valence electrons. The molecule has 5 nitrogen and oxygen atoms in total. The minimum absolute atomic E-state index is 0.0390. The Labute approximate surface area is 117 Å². The van der Waals surface area contributed by atoms with E-state index in [9.17, 15) is 10.1 Å². The van der Waals surface area contributed by atoms with Crippen LogP contribution in [0.3, 0.4) is 0 Å². The first-order valence-electron chi connectivity index (χ1n) is 4.84. The summed E-state index contributed by atoms with van der Waals surface area (Å²) in [7, 11) is 0. The van der Waals surface area contributed by atoms with E-state index in [0.29, 0.717) is 21.6 Å². The Hall–Kier alpha value is -1.37. The summed E-state index contributed by atoms with van der Waals surface area (Å²) in [5, 5.41) is 14.7. The Kier molecular flexibility index (Phi) is 4.00. The van der Waals surface area contributed by atoms with E-state index in [1.165, 1.54) is 23.5 Å². The first-order chi connectivity index (χ1) is 8.56. The number of non-ortho nitro benzene ring substituents is 1. The first-order valence-corrected chi connectivity index (χ1v) is 6.41. The molecule has 1 aromatic carbocycles. The van der Waals surface area contributed by atoms with Gasteiger partial charge in [-0.15, -0.1) is 11.3 Å². The molecule has 0 amide bonds. The lowest BCUT2D eigenvalue weighted by atomic mass is 10.3. The molecule has 2 rings (SSSR count). The topological polar surface area (TPSA) is 68.1 Å². The molecule has 0 radical (unpaired) electrons. The van der Waals surface area contributed by atoms with Gasteiger partial charge in [-0.05, 0) is 6.07 Å². The molecule has 0 fully saturated rings. The largest absolute Gasteiger partial charge is 0.377 e. The van der Waals surface area contributed by atoms with E-state index in [-0.39, 0.29) is 5.69 Å². The van der Waals surface area contributed by atoms with Crippen LogP contribution in [0.15, 0.2) is 24.4 Å². The lowest BCUT2D eigenvalue weighted by Gasteiger charge is -2.06. The highest BCUT2D eigenvalue weighted by Crippen LogP contribution is 2.27. The SMILES string of the molecule is O=[N+]([O-])c1ccc(NCc2ncc(Cl)s2)c(Cl)c1. The summed E-state index contributed by atoms with van der Waals surface area (Å²) < 4.78 is 0.613. The van der Waals surface area contributed by atoms with E-state index in [0.717, 1.165) is 5.01 Å². The van der Waals surface area contributed by atoms with Crippen LogP contribution < -0.4 is 5.32 Å². The van der Waals surface area contributed by atoms with E-state index >= 15 is 0 Å². The van der Waals surface area contributed by atoms with E-state index in [4.69, 9.17) is 23.2 Å². The van der Waals surface area contributed by atoms with E-state index in [1.54, 1.807) is 12.3 Å². The van der Waals surface area contributed by atoms with Gasteiger partial charge in [0.05, 0.1) is 28.4 Å². The van der Waals surface area contributed by atoms with Crippen LogP contribution in [0, 0.1) is 10.1 Å². The third-order valence-electron chi connectivity index (χ3n) is 2.12. The zero-order valence-electron chi connectivity index (χ0n) is 8.89. The maximum absolute atomic E-state index is 10.6. The standard InChI is InChI=1S/C10H7Cl2N3O2S/c11-7-3-6(15(16)17)1-2-8(7)13-5-10-14-4-9(12)18-10/h1-4,13H,5H2. The molecule has 8 heteroatoms. The molecule has 0 aliphatic heterocycles. The fourth-order valence-electron chi connectivity index (χ4n) is 1.30. The number of hydrogen-bond donors (Lipinski definition) is 1. The highest BCUT2D eigenvalue weighted by molar-refractivity contribution is 7.15.